The summed E-state index contributed by atoms with van der Waals surface area (Å²) in [6.45, 7) is 2.76. The van der Waals surface area contributed by atoms with Gasteiger partial charge in [-0.1, -0.05) is 18.5 Å². The van der Waals surface area contributed by atoms with Crippen LogP contribution in [-0.2, 0) is 0 Å². The summed E-state index contributed by atoms with van der Waals surface area (Å²) in [7, 11) is 0. The highest BCUT2D eigenvalue weighted by Crippen LogP contribution is 2.13. The normalized spacial score (nSPS) is 12.5. The Balaban J connectivity index is 2.58. The number of hydrogen-bond acceptors (Lipinski definition) is 3. The summed E-state index contributed by atoms with van der Waals surface area (Å²) in [4.78, 5) is 17.5. The van der Waals surface area contributed by atoms with Crippen LogP contribution < -0.4 is 10.9 Å². The Bertz CT molecular complexity index is 367. The molecule has 84 valence electrons. The molecule has 6 heteroatoms. The van der Waals surface area contributed by atoms with Crippen molar-refractivity contribution in [2.45, 2.75) is 13.3 Å². The lowest BCUT2D eigenvalue weighted by atomic mass is 10.1. The summed E-state index contributed by atoms with van der Waals surface area (Å²) in [6.07, 6.45) is 2.23. The van der Waals surface area contributed by atoms with Crippen molar-refractivity contribution >= 4 is 29.0 Å². The zero-order valence-electron chi connectivity index (χ0n) is 8.39. The van der Waals surface area contributed by atoms with E-state index in [2.05, 4.69) is 22.2 Å². The lowest BCUT2D eigenvalue weighted by Gasteiger charge is -2.11. The topological polar surface area (TPSA) is 57.8 Å². The molecular weight excluding hydrogens is 237 g/mol. The fraction of sp³-hybridized carbons (Fsp3) is 0.556. The van der Waals surface area contributed by atoms with Gasteiger partial charge in [0.05, 0.1) is 6.33 Å². The van der Waals surface area contributed by atoms with Crippen molar-refractivity contribution in [1.82, 2.24) is 9.97 Å². The first-order chi connectivity index (χ1) is 7.15. The molecule has 0 saturated carbocycles. The first-order valence-electron chi connectivity index (χ1n) is 4.68. The number of nitrogens with one attached hydrogen (secondary N) is 2. The zero-order valence-corrected chi connectivity index (χ0v) is 9.90. The highest BCUT2D eigenvalue weighted by molar-refractivity contribution is 6.32. The fourth-order valence-electron chi connectivity index (χ4n) is 1.07. The molecule has 1 unspecified atom stereocenters. The molecule has 1 aromatic heterocycles. The number of hydrogen-bond donors (Lipinski definition) is 2. The van der Waals surface area contributed by atoms with Crippen LogP contribution in [0.2, 0.25) is 5.02 Å². The molecule has 0 radical (unpaired) electrons. The second kappa shape index (κ2) is 5.98. The number of alkyl halides is 1. The lowest BCUT2D eigenvalue weighted by Crippen LogP contribution is -2.16. The van der Waals surface area contributed by atoms with Crippen molar-refractivity contribution in [2.24, 2.45) is 5.92 Å². The third-order valence-electron chi connectivity index (χ3n) is 2.02. The van der Waals surface area contributed by atoms with Crippen LogP contribution >= 0.6 is 23.2 Å². The van der Waals surface area contributed by atoms with E-state index in [0.29, 0.717) is 24.2 Å². The molecule has 2 N–H and O–H groups in total. The highest BCUT2D eigenvalue weighted by Gasteiger charge is 2.06. The molecule has 0 bridgehead atoms. The van der Waals surface area contributed by atoms with Crippen molar-refractivity contribution in [3.05, 3.63) is 21.7 Å². The van der Waals surface area contributed by atoms with Crippen molar-refractivity contribution in [2.75, 3.05) is 17.7 Å². The molecule has 1 rings (SSSR count). The van der Waals surface area contributed by atoms with E-state index in [9.17, 15) is 4.79 Å². The summed E-state index contributed by atoms with van der Waals surface area (Å²) in [5.41, 5.74) is -0.334. The first-order valence-corrected chi connectivity index (χ1v) is 5.59. The van der Waals surface area contributed by atoms with E-state index < -0.39 is 0 Å². The monoisotopic (exact) mass is 249 g/mol. The molecule has 4 nitrogen and oxygen atoms in total. The molecule has 0 aliphatic heterocycles. The van der Waals surface area contributed by atoms with Gasteiger partial charge >= 0.3 is 0 Å². The van der Waals surface area contributed by atoms with Crippen LogP contribution in [0.25, 0.3) is 0 Å². The molecule has 0 spiro atoms. The van der Waals surface area contributed by atoms with Gasteiger partial charge in [-0.05, 0) is 12.3 Å². The smallest absolute Gasteiger partial charge is 0.271 e. The summed E-state index contributed by atoms with van der Waals surface area (Å²) >= 11 is 11.4. The number of H-pyrrole nitrogens is 1. The third kappa shape index (κ3) is 3.72. The van der Waals surface area contributed by atoms with E-state index in [0.717, 1.165) is 6.42 Å². The number of aromatic amines is 1. The molecule has 0 fully saturated rings. The maximum absolute atomic E-state index is 11.1. The van der Waals surface area contributed by atoms with E-state index in [1.54, 1.807) is 0 Å². The Morgan fingerprint density at radius 2 is 2.40 bits per heavy atom. The molecule has 1 aromatic rings. The standard InChI is InChI=1S/C9H13Cl2N3O/c1-6(2-3-10)4-12-8-7(11)9(15)14-5-13-8/h5-6H,2-4H2,1H3,(H2,12,13,14,15). The van der Waals surface area contributed by atoms with Crippen molar-refractivity contribution < 1.29 is 0 Å². The number of halogens is 2. The van der Waals surface area contributed by atoms with Gasteiger partial charge in [0.1, 0.15) is 5.02 Å². The average molecular weight is 250 g/mol. The van der Waals surface area contributed by atoms with Gasteiger partial charge in [0, 0.05) is 12.4 Å². The van der Waals surface area contributed by atoms with Gasteiger partial charge in [0.2, 0.25) is 0 Å². The number of rotatable bonds is 5. The van der Waals surface area contributed by atoms with Gasteiger partial charge in [-0.2, -0.15) is 0 Å². The molecule has 0 aliphatic carbocycles. The minimum atomic E-state index is -0.334. The molecule has 0 aromatic carbocycles. The van der Waals surface area contributed by atoms with Crippen molar-refractivity contribution in [3.8, 4) is 0 Å². The summed E-state index contributed by atoms with van der Waals surface area (Å²) < 4.78 is 0. The molecule has 15 heavy (non-hydrogen) atoms. The lowest BCUT2D eigenvalue weighted by molar-refractivity contribution is 0.596. The van der Waals surface area contributed by atoms with E-state index >= 15 is 0 Å². The van der Waals surface area contributed by atoms with Crippen molar-refractivity contribution in [3.63, 3.8) is 0 Å². The summed E-state index contributed by atoms with van der Waals surface area (Å²) in [6, 6.07) is 0. The highest BCUT2D eigenvalue weighted by atomic mass is 35.5. The van der Waals surface area contributed by atoms with Gasteiger partial charge in [-0.3, -0.25) is 4.79 Å². The fourth-order valence-corrected chi connectivity index (χ4v) is 1.61. The van der Waals surface area contributed by atoms with Crippen LogP contribution in [0.3, 0.4) is 0 Å². The van der Waals surface area contributed by atoms with Crippen LogP contribution in [-0.4, -0.2) is 22.4 Å². The van der Waals surface area contributed by atoms with Gasteiger partial charge < -0.3 is 10.3 Å². The Morgan fingerprint density at radius 1 is 1.67 bits per heavy atom. The number of anilines is 1. The van der Waals surface area contributed by atoms with Crippen LogP contribution in [0, 0.1) is 5.92 Å². The maximum Gasteiger partial charge on any atom is 0.271 e. The minimum Gasteiger partial charge on any atom is -0.368 e. The average Bonchev–Trinajstić information content (AvgIpc) is 2.21. The predicted molar refractivity (Wildman–Crippen MR) is 62.9 cm³/mol. The predicted octanol–water partition coefficient (Wildman–Crippen LogP) is 2.10. The largest absolute Gasteiger partial charge is 0.368 e. The molecule has 1 heterocycles. The zero-order chi connectivity index (χ0) is 11.3. The minimum absolute atomic E-state index is 0.0931. The summed E-state index contributed by atoms with van der Waals surface area (Å²) in [5, 5.41) is 3.11. The molecule has 0 aliphatic rings. The third-order valence-corrected chi connectivity index (χ3v) is 2.59. The van der Waals surface area contributed by atoms with Gasteiger partial charge in [-0.15, -0.1) is 11.6 Å². The van der Waals surface area contributed by atoms with Crippen LogP contribution in [0.15, 0.2) is 11.1 Å². The Morgan fingerprint density at radius 3 is 3.07 bits per heavy atom. The molecule has 0 amide bonds. The SMILES string of the molecule is CC(CCCl)CNc1nc[nH]c(=O)c1Cl. The summed E-state index contributed by atoms with van der Waals surface area (Å²) in [5.74, 6) is 1.46. The van der Waals surface area contributed by atoms with E-state index in [-0.39, 0.29) is 10.6 Å². The van der Waals surface area contributed by atoms with Crippen LogP contribution in [0.1, 0.15) is 13.3 Å². The Kier molecular flexibility index (Phi) is 4.91. The second-order valence-corrected chi connectivity index (χ2v) is 4.11. The van der Waals surface area contributed by atoms with Crippen LogP contribution in [0.5, 0.6) is 0 Å². The van der Waals surface area contributed by atoms with Gasteiger partial charge in [-0.25, -0.2) is 4.98 Å². The molecule has 1 atom stereocenters. The number of aromatic nitrogens is 2. The second-order valence-electron chi connectivity index (χ2n) is 3.36. The van der Waals surface area contributed by atoms with Crippen LogP contribution in [0.4, 0.5) is 5.82 Å². The quantitative estimate of drug-likeness (QED) is 0.787. The van der Waals surface area contributed by atoms with Crippen molar-refractivity contribution in [1.29, 1.82) is 0 Å². The maximum atomic E-state index is 11.1. The Labute approximate surface area is 98.0 Å². The molecule has 0 saturated heterocycles. The molecular formula is C9H13Cl2N3O. The Hall–Kier alpha value is -0.740. The van der Waals surface area contributed by atoms with E-state index in [1.807, 2.05) is 0 Å². The van der Waals surface area contributed by atoms with E-state index in [4.69, 9.17) is 23.2 Å². The van der Waals surface area contributed by atoms with Gasteiger partial charge in [0.25, 0.3) is 5.56 Å². The number of nitrogens with zero attached hydrogens (tertiary/aromatic N) is 1. The van der Waals surface area contributed by atoms with Gasteiger partial charge in [0.15, 0.2) is 5.82 Å². The first kappa shape index (κ1) is 12.3. The van der Waals surface area contributed by atoms with E-state index in [1.165, 1.54) is 6.33 Å².